The normalized spacial score (nSPS) is 26.1. The van der Waals surface area contributed by atoms with E-state index in [2.05, 4.69) is 37.1 Å². The molecule has 0 bridgehead atoms. The SMILES string of the molecule is CCNC(c1cnccc1C)C1COC(C)C1. The molecule has 1 saturated heterocycles. The van der Waals surface area contributed by atoms with E-state index in [4.69, 9.17) is 4.74 Å². The Morgan fingerprint density at radius 3 is 3.00 bits per heavy atom. The van der Waals surface area contributed by atoms with Crippen molar-refractivity contribution in [2.45, 2.75) is 39.3 Å². The molecular weight excluding hydrogens is 212 g/mol. The summed E-state index contributed by atoms with van der Waals surface area (Å²) < 4.78 is 5.69. The number of aromatic nitrogens is 1. The number of aryl methyl sites for hydroxylation is 1. The Hall–Kier alpha value is -0.930. The first-order valence-corrected chi connectivity index (χ1v) is 6.47. The van der Waals surface area contributed by atoms with Gasteiger partial charge in [0.05, 0.1) is 12.7 Å². The van der Waals surface area contributed by atoms with Crippen LogP contribution in [0.3, 0.4) is 0 Å². The average molecular weight is 234 g/mol. The van der Waals surface area contributed by atoms with Crippen molar-refractivity contribution in [3.05, 3.63) is 29.6 Å². The highest BCUT2D eigenvalue weighted by Crippen LogP contribution is 2.32. The molecule has 1 aromatic rings. The van der Waals surface area contributed by atoms with Crippen molar-refractivity contribution in [2.75, 3.05) is 13.2 Å². The molecule has 0 aromatic carbocycles. The van der Waals surface area contributed by atoms with Crippen molar-refractivity contribution in [1.29, 1.82) is 0 Å². The van der Waals surface area contributed by atoms with Gasteiger partial charge in [-0.25, -0.2) is 0 Å². The first-order valence-electron chi connectivity index (χ1n) is 6.47. The zero-order valence-corrected chi connectivity index (χ0v) is 10.9. The summed E-state index contributed by atoms with van der Waals surface area (Å²) in [6, 6.07) is 2.46. The topological polar surface area (TPSA) is 34.2 Å². The highest BCUT2D eigenvalue weighted by Gasteiger charge is 2.30. The molecule has 3 atom stereocenters. The summed E-state index contributed by atoms with van der Waals surface area (Å²) in [5, 5.41) is 3.58. The van der Waals surface area contributed by atoms with E-state index in [-0.39, 0.29) is 0 Å². The van der Waals surface area contributed by atoms with E-state index < -0.39 is 0 Å². The van der Waals surface area contributed by atoms with E-state index in [1.165, 1.54) is 11.1 Å². The van der Waals surface area contributed by atoms with E-state index in [1.807, 2.05) is 12.4 Å². The third-order valence-corrected chi connectivity index (χ3v) is 3.54. The molecule has 1 fully saturated rings. The Morgan fingerprint density at radius 2 is 2.41 bits per heavy atom. The molecule has 3 unspecified atom stereocenters. The minimum atomic E-state index is 0.374. The van der Waals surface area contributed by atoms with Gasteiger partial charge >= 0.3 is 0 Å². The fourth-order valence-corrected chi connectivity index (χ4v) is 2.63. The molecule has 3 heteroatoms. The summed E-state index contributed by atoms with van der Waals surface area (Å²) in [5.41, 5.74) is 2.63. The highest BCUT2D eigenvalue weighted by atomic mass is 16.5. The Morgan fingerprint density at radius 1 is 1.59 bits per heavy atom. The third kappa shape index (κ3) is 2.85. The van der Waals surface area contributed by atoms with Crippen LogP contribution >= 0.6 is 0 Å². The molecule has 2 heterocycles. The maximum Gasteiger partial charge on any atom is 0.0551 e. The zero-order chi connectivity index (χ0) is 12.3. The molecule has 1 aliphatic heterocycles. The van der Waals surface area contributed by atoms with Crippen LogP contribution in [0.1, 0.15) is 37.4 Å². The van der Waals surface area contributed by atoms with Crippen LogP contribution in [0.25, 0.3) is 0 Å². The van der Waals surface area contributed by atoms with E-state index in [0.29, 0.717) is 18.1 Å². The predicted octanol–water partition coefficient (Wildman–Crippen LogP) is 2.47. The highest BCUT2D eigenvalue weighted by molar-refractivity contribution is 5.26. The summed E-state index contributed by atoms with van der Waals surface area (Å²) >= 11 is 0. The number of pyridine rings is 1. The fraction of sp³-hybridized carbons (Fsp3) is 0.643. The summed E-state index contributed by atoms with van der Waals surface area (Å²) in [6.45, 7) is 8.29. The van der Waals surface area contributed by atoms with Gasteiger partial charge in [-0.15, -0.1) is 0 Å². The maximum atomic E-state index is 5.69. The molecule has 17 heavy (non-hydrogen) atoms. The van der Waals surface area contributed by atoms with Gasteiger partial charge < -0.3 is 10.1 Å². The molecular formula is C14H22N2O. The predicted molar refractivity (Wildman–Crippen MR) is 68.9 cm³/mol. The van der Waals surface area contributed by atoms with Gasteiger partial charge in [0.15, 0.2) is 0 Å². The maximum absolute atomic E-state index is 5.69. The first-order chi connectivity index (χ1) is 8.22. The smallest absolute Gasteiger partial charge is 0.0551 e. The number of nitrogens with zero attached hydrogens (tertiary/aromatic N) is 1. The standard InChI is InChI=1S/C14H22N2O/c1-4-16-14(12-7-11(3)17-9-12)13-8-15-6-5-10(13)2/h5-6,8,11-12,14,16H,4,7,9H2,1-3H3. The molecule has 2 rings (SSSR count). The van der Waals surface area contributed by atoms with Crippen molar-refractivity contribution in [3.63, 3.8) is 0 Å². The number of ether oxygens (including phenoxy) is 1. The van der Waals surface area contributed by atoms with Crippen molar-refractivity contribution in [3.8, 4) is 0 Å². The van der Waals surface area contributed by atoms with E-state index >= 15 is 0 Å². The number of rotatable bonds is 4. The summed E-state index contributed by atoms with van der Waals surface area (Å²) in [5.74, 6) is 0.563. The second-order valence-electron chi connectivity index (χ2n) is 4.91. The van der Waals surface area contributed by atoms with E-state index in [0.717, 1.165) is 19.6 Å². The molecule has 0 radical (unpaired) electrons. The monoisotopic (exact) mass is 234 g/mol. The van der Waals surface area contributed by atoms with Crippen LogP contribution in [-0.2, 0) is 4.74 Å². The number of hydrogen-bond donors (Lipinski definition) is 1. The van der Waals surface area contributed by atoms with Crippen LogP contribution < -0.4 is 5.32 Å². The lowest BCUT2D eigenvalue weighted by molar-refractivity contribution is 0.117. The molecule has 1 aliphatic rings. The van der Waals surface area contributed by atoms with Crippen molar-refractivity contribution in [1.82, 2.24) is 10.3 Å². The molecule has 1 N–H and O–H groups in total. The second-order valence-corrected chi connectivity index (χ2v) is 4.91. The molecule has 0 saturated carbocycles. The first kappa shape index (κ1) is 12.5. The van der Waals surface area contributed by atoms with Crippen LogP contribution in [0, 0.1) is 12.8 Å². The van der Waals surface area contributed by atoms with Crippen LogP contribution in [-0.4, -0.2) is 24.2 Å². The lowest BCUT2D eigenvalue weighted by Crippen LogP contribution is -2.29. The van der Waals surface area contributed by atoms with Crippen LogP contribution in [0.4, 0.5) is 0 Å². The molecule has 0 amide bonds. The fourth-order valence-electron chi connectivity index (χ4n) is 2.63. The Bertz CT molecular complexity index is 367. The number of nitrogens with one attached hydrogen (secondary N) is 1. The van der Waals surface area contributed by atoms with Gasteiger partial charge in [0, 0.05) is 24.4 Å². The van der Waals surface area contributed by atoms with Crippen LogP contribution in [0.15, 0.2) is 18.5 Å². The van der Waals surface area contributed by atoms with Crippen LogP contribution in [0.5, 0.6) is 0 Å². The van der Waals surface area contributed by atoms with Gasteiger partial charge in [0.25, 0.3) is 0 Å². The van der Waals surface area contributed by atoms with Gasteiger partial charge in [-0.3, -0.25) is 4.98 Å². The summed E-state index contributed by atoms with van der Waals surface area (Å²) in [4.78, 5) is 4.26. The summed E-state index contributed by atoms with van der Waals surface area (Å²) in [6.07, 6.45) is 5.37. The lowest BCUT2D eigenvalue weighted by Gasteiger charge is -2.25. The van der Waals surface area contributed by atoms with Gasteiger partial charge in [-0.1, -0.05) is 6.92 Å². The molecule has 0 aliphatic carbocycles. The minimum Gasteiger partial charge on any atom is -0.378 e. The zero-order valence-electron chi connectivity index (χ0n) is 10.9. The second kappa shape index (κ2) is 5.61. The largest absolute Gasteiger partial charge is 0.378 e. The quantitative estimate of drug-likeness (QED) is 0.869. The Labute approximate surface area is 104 Å². The number of hydrogen-bond acceptors (Lipinski definition) is 3. The third-order valence-electron chi connectivity index (χ3n) is 3.54. The van der Waals surface area contributed by atoms with Gasteiger partial charge in [0.2, 0.25) is 0 Å². The lowest BCUT2D eigenvalue weighted by atomic mass is 9.90. The van der Waals surface area contributed by atoms with Crippen molar-refractivity contribution >= 4 is 0 Å². The Kier molecular flexibility index (Phi) is 4.13. The average Bonchev–Trinajstić information content (AvgIpc) is 2.74. The molecule has 94 valence electrons. The van der Waals surface area contributed by atoms with E-state index in [9.17, 15) is 0 Å². The van der Waals surface area contributed by atoms with Gasteiger partial charge in [-0.2, -0.15) is 0 Å². The summed E-state index contributed by atoms with van der Waals surface area (Å²) in [7, 11) is 0. The van der Waals surface area contributed by atoms with Crippen molar-refractivity contribution < 1.29 is 4.74 Å². The van der Waals surface area contributed by atoms with Gasteiger partial charge in [-0.05, 0) is 44.0 Å². The Balaban J connectivity index is 2.20. The van der Waals surface area contributed by atoms with Crippen LogP contribution in [0.2, 0.25) is 0 Å². The molecule has 3 nitrogen and oxygen atoms in total. The molecule has 0 spiro atoms. The van der Waals surface area contributed by atoms with Gasteiger partial charge in [0.1, 0.15) is 0 Å². The van der Waals surface area contributed by atoms with Crippen molar-refractivity contribution in [2.24, 2.45) is 5.92 Å². The van der Waals surface area contributed by atoms with E-state index in [1.54, 1.807) is 0 Å². The molecule has 1 aromatic heterocycles. The minimum absolute atomic E-state index is 0.374.